The van der Waals surface area contributed by atoms with Crippen molar-refractivity contribution in [3.8, 4) is 0 Å². The third-order valence-corrected chi connectivity index (χ3v) is 16.3. The van der Waals surface area contributed by atoms with E-state index in [1.165, 1.54) is 24.5 Å². The molecule has 1 heterocycles. The standard InChI is InChI=1S/C11H17Si.C5H5.2ClH.Ti/c1-3-12(7-4-8-12)11-6-5-10(2)9-11;1-2-4-5-3-1;;;/h5-6,9H,3-4,7-8H2,1-2H3;1-3H,4H2;2*1H;/q;;;;+2/p-2. The fourth-order valence-electron chi connectivity index (χ4n) is 3.73. The third kappa shape index (κ3) is 2.98. The van der Waals surface area contributed by atoms with Gasteiger partial charge in [0.1, 0.15) is 0 Å². The fraction of sp³-hybridized carbons (Fsp3) is 0.500. The largest absolute Gasteiger partial charge is 1.00 e. The van der Waals surface area contributed by atoms with Gasteiger partial charge in [0.25, 0.3) is 0 Å². The van der Waals surface area contributed by atoms with Crippen molar-refractivity contribution in [3.05, 3.63) is 45.9 Å². The van der Waals surface area contributed by atoms with Crippen molar-refractivity contribution in [2.45, 2.75) is 48.2 Å². The first-order valence-electron chi connectivity index (χ1n) is 7.22. The van der Waals surface area contributed by atoms with Gasteiger partial charge >= 0.3 is 121 Å². The zero-order valence-electron chi connectivity index (χ0n) is 12.3. The van der Waals surface area contributed by atoms with Crippen molar-refractivity contribution >= 4 is 8.07 Å². The Morgan fingerprint density at radius 2 is 2.05 bits per heavy atom. The molecule has 0 spiro atoms. The van der Waals surface area contributed by atoms with Crippen molar-refractivity contribution in [1.29, 1.82) is 0 Å². The summed E-state index contributed by atoms with van der Waals surface area (Å²) in [5, 5.41) is 0. The van der Waals surface area contributed by atoms with Crippen molar-refractivity contribution in [1.82, 2.24) is 0 Å². The molecule has 0 nitrogen and oxygen atoms in total. The summed E-state index contributed by atoms with van der Waals surface area (Å²) in [6, 6.07) is 4.66. The van der Waals surface area contributed by atoms with E-state index in [0.717, 1.165) is 0 Å². The normalized spacial score (nSPS) is 28.7. The minimum atomic E-state index is -1.02. The van der Waals surface area contributed by atoms with E-state index in [1.807, 2.05) is 0 Å². The Hall–Kier alpha value is 0.471. The summed E-state index contributed by atoms with van der Waals surface area (Å²) in [6.07, 6.45) is 17.5. The van der Waals surface area contributed by atoms with Gasteiger partial charge in [0.15, 0.2) is 0 Å². The molecule has 1 aliphatic heterocycles. The van der Waals surface area contributed by atoms with Gasteiger partial charge in [-0.2, -0.15) is 0 Å². The van der Waals surface area contributed by atoms with Crippen LogP contribution in [-0.2, 0) is 19.2 Å². The second kappa shape index (κ2) is 7.15. The first-order valence-corrected chi connectivity index (χ1v) is 11.4. The van der Waals surface area contributed by atoms with E-state index in [4.69, 9.17) is 0 Å². The summed E-state index contributed by atoms with van der Waals surface area (Å²) in [5.41, 5.74) is 1.53. The molecule has 0 amide bonds. The van der Waals surface area contributed by atoms with Crippen LogP contribution in [0.4, 0.5) is 0 Å². The molecule has 0 aromatic heterocycles. The van der Waals surface area contributed by atoms with E-state index >= 15 is 0 Å². The number of halogens is 2. The van der Waals surface area contributed by atoms with E-state index < -0.39 is 8.07 Å². The molecule has 0 aromatic rings. The minimum absolute atomic E-state index is 0. The van der Waals surface area contributed by atoms with Crippen LogP contribution in [0, 0.1) is 0 Å². The SMILES string of the molecule is CC[Si]1([C]2([Ti+2][C]3=CC=CC3)C=CC(C)=C2)CCC1.[Cl-].[Cl-]. The second-order valence-corrected chi connectivity index (χ2v) is 14.6. The van der Waals surface area contributed by atoms with Gasteiger partial charge in [0.2, 0.25) is 0 Å². The first-order chi connectivity index (χ1) is 8.70. The molecule has 20 heavy (non-hydrogen) atoms. The first kappa shape index (κ1) is 18.5. The van der Waals surface area contributed by atoms with Gasteiger partial charge in [-0.25, -0.2) is 0 Å². The fourth-order valence-corrected chi connectivity index (χ4v) is 14.4. The summed E-state index contributed by atoms with van der Waals surface area (Å²) in [6.45, 7) is 4.76. The van der Waals surface area contributed by atoms with Crippen LogP contribution in [0.15, 0.2) is 45.9 Å². The van der Waals surface area contributed by atoms with Crippen LogP contribution in [0.5, 0.6) is 0 Å². The predicted molar refractivity (Wildman–Crippen MR) is 77.9 cm³/mol. The number of allylic oxidation sites excluding steroid dienone is 8. The number of hydrogen-bond donors (Lipinski definition) is 0. The summed E-state index contributed by atoms with van der Waals surface area (Å²) in [7, 11) is -1.02. The van der Waals surface area contributed by atoms with Crippen LogP contribution >= 0.6 is 0 Å². The molecule has 108 valence electrons. The molecule has 3 aliphatic rings. The average Bonchev–Trinajstić information content (AvgIpc) is 2.89. The van der Waals surface area contributed by atoms with Crippen molar-refractivity contribution in [2.75, 3.05) is 0 Å². The van der Waals surface area contributed by atoms with E-state index in [2.05, 4.69) is 50.3 Å². The Labute approximate surface area is 145 Å². The molecule has 3 rings (SSSR count). The third-order valence-electron chi connectivity index (χ3n) is 5.07. The Morgan fingerprint density at radius 3 is 2.45 bits per heavy atom. The molecular weight excluding hydrogens is 339 g/mol. The molecule has 0 radical (unpaired) electrons. The van der Waals surface area contributed by atoms with Crippen molar-refractivity contribution in [3.63, 3.8) is 0 Å². The Bertz CT molecular complexity index is 469. The van der Waals surface area contributed by atoms with E-state index in [-0.39, 0.29) is 44.0 Å². The minimum Gasteiger partial charge on any atom is -1.00 e. The molecule has 1 fully saturated rings. The summed E-state index contributed by atoms with van der Waals surface area (Å²) in [5.74, 6) is 0. The monoisotopic (exact) mass is 360 g/mol. The van der Waals surface area contributed by atoms with Crippen LogP contribution in [-0.4, -0.2) is 8.07 Å². The maximum Gasteiger partial charge on any atom is -1.00 e. The van der Waals surface area contributed by atoms with Gasteiger partial charge in [-0.1, -0.05) is 0 Å². The molecule has 1 saturated heterocycles. The van der Waals surface area contributed by atoms with E-state index in [0.29, 0.717) is 3.34 Å². The van der Waals surface area contributed by atoms with E-state index in [1.54, 1.807) is 16.0 Å². The quantitative estimate of drug-likeness (QED) is 0.564. The average molecular weight is 361 g/mol. The topological polar surface area (TPSA) is 0 Å². The summed E-state index contributed by atoms with van der Waals surface area (Å²) >= 11 is -0.00702. The van der Waals surface area contributed by atoms with Gasteiger partial charge in [0, 0.05) is 0 Å². The van der Waals surface area contributed by atoms with Gasteiger partial charge in [-0.15, -0.1) is 0 Å². The van der Waals surface area contributed by atoms with E-state index in [9.17, 15) is 0 Å². The molecule has 0 saturated carbocycles. The van der Waals surface area contributed by atoms with Gasteiger partial charge < -0.3 is 24.8 Å². The Balaban J connectivity index is 0.000001000. The molecule has 4 heteroatoms. The second-order valence-electron chi connectivity index (χ2n) is 6.03. The van der Waals surface area contributed by atoms with Crippen LogP contribution < -0.4 is 24.8 Å². The van der Waals surface area contributed by atoms with Crippen molar-refractivity contribution in [2.24, 2.45) is 0 Å². The maximum absolute atomic E-state index is 2.68. The molecule has 1 unspecified atom stereocenters. The van der Waals surface area contributed by atoms with Crippen LogP contribution in [0.2, 0.25) is 21.5 Å². The van der Waals surface area contributed by atoms with Crippen LogP contribution in [0.25, 0.3) is 0 Å². The molecule has 0 bridgehead atoms. The van der Waals surface area contributed by atoms with Gasteiger partial charge in [-0.3, -0.25) is 0 Å². The van der Waals surface area contributed by atoms with Gasteiger partial charge in [-0.05, 0) is 0 Å². The predicted octanol–water partition coefficient (Wildman–Crippen LogP) is -0.993. The number of rotatable bonds is 4. The zero-order chi connectivity index (χ0) is 12.6. The molecule has 0 N–H and O–H groups in total. The van der Waals surface area contributed by atoms with Gasteiger partial charge in [0.05, 0.1) is 0 Å². The van der Waals surface area contributed by atoms with Crippen LogP contribution in [0.1, 0.15) is 26.7 Å². The van der Waals surface area contributed by atoms with Crippen molar-refractivity contribution < 1.29 is 44.0 Å². The Kier molecular flexibility index (Phi) is 6.63. The molecule has 1 atom stereocenters. The summed E-state index contributed by atoms with van der Waals surface area (Å²) in [4.78, 5) is 0. The smallest absolute Gasteiger partial charge is 1.00 e. The zero-order valence-corrected chi connectivity index (χ0v) is 16.3. The number of hydrogen-bond acceptors (Lipinski definition) is 0. The summed E-state index contributed by atoms with van der Waals surface area (Å²) < 4.78 is 2.36. The van der Waals surface area contributed by atoms with Crippen LogP contribution in [0.3, 0.4) is 0 Å². The molecular formula is C16H22Cl2SiTi. The Morgan fingerprint density at radius 1 is 1.30 bits per heavy atom. The molecule has 2 aliphatic carbocycles. The molecule has 0 aromatic carbocycles. The maximum atomic E-state index is 2.68.